The molecule has 3 rings (SSSR count). The molecule has 1 fully saturated rings. The summed E-state index contributed by atoms with van der Waals surface area (Å²) >= 11 is 1.49. The molecule has 2 unspecified atom stereocenters. The number of furan rings is 1. The molecule has 0 spiro atoms. The molecule has 0 aromatic carbocycles. The number of nitrogens with zero attached hydrogens (tertiary/aromatic N) is 1. The van der Waals surface area contributed by atoms with Crippen molar-refractivity contribution in [1.82, 2.24) is 15.6 Å². The van der Waals surface area contributed by atoms with Crippen LogP contribution in [0.3, 0.4) is 0 Å². The Labute approximate surface area is 127 Å². The smallest absolute Gasteiger partial charge is 0.271 e. The van der Waals surface area contributed by atoms with Gasteiger partial charge in [0.25, 0.3) is 5.91 Å². The number of nitrogens with one attached hydrogen (secondary N) is 2. The Morgan fingerprint density at radius 1 is 1.57 bits per heavy atom. The molecule has 1 aliphatic rings. The third-order valence-electron chi connectivity index (χ3n) is 3.85. The minimum absolute atomic E-state index is 0.0830. The summed E-state index contributed by atoms with van der Waals surface area (Å²) in [5.41, 5.74) is 0.511. The van der Waals surface area contributed by atoms with Gasteiger partial charge < -0.3 is 15.1 Å². The van der Waals surface area contributed by atoms with Crippen LogP contribution in [-0.4, -0.2) is 30.0 Å². The quantitative estimate of drug-likeness (QED) is 0.914. The SMILES string of the molecule is Cc1sc(-c2ccco2)nc1C(=O)NC1CCNCC1C. The molecule has 2 N–H and O–H groups in total. The number of amides is 1. The lowest BCUT2D eigenvalue weighted by Gasteiger charge is -2.30. The van der Waals surface area contributed by atoms with E-state index in [1.165, 1.54) is 11.3 Å². The zero-order valence-corrected chi connectivity index (χ0v) is 13.0. The summed E-state index contributed by atoms with van der Waals surface area (Å²) in [7, 11) is 0. The average molecular weight is 305 g/mol. The van der Waals surface area contributed by atoms with E-state index in [0.29, 0.717) is 17.4 Å². The van der Waals surface area contributed by atoms with Crippen LogP contribution in [-0.2, 0) is 0 Å². The lowest BCUT2D eigenvalue weighted by atomic mass is 9.95. The van der Waals surface area contributed by atoms with Crippen LogP contribution >= 0.6 is 11.3 Å². The van der Waals surface area contributed by atoms with Crippen LogP contribution in [0.15, 0.2) is 22.8 Å². The number of carbonyl (C=O) groups excluding carboxylic acids is 1. The van der Waals surface area contributed by atoms with Crippen LogP contribution in [0.25, 0.3) is 10.8 Å². The normalized spacial score (nSPS) is 22.2. The average Bonchev–Trinajstić information content (AvgIpc) is 3.10. The number of carbonyl (C=O) groups is 1. The molecule has 0 saturated carbocycles. The molecular formula is C15H19N3O2S. The molecular weight excluding hydrogens is 286 g/mol. The van der Waals surface area contributed by atoms with Gasteiger partial charge in [0.1, 0.15) is 5.69 Å². The first-order chi connectivity index (χ1) is 10.1. The van der Waals surface area contributed by atoms with Crippen molar-refractivity contribution in [3.63, 3.8) is 0 Å². The summed E-state index contributed by atoms with van der Waals surface area (Å²) in [6, 6.07) is 3.89. The van der Waals surface area contributed by atoms with E-state index in [0.717, 1.165) is 29.4 Å². The van der Waals surface area contributed by atoms with Crippen molar-refractivity contribution in [1.29, 1.82) is 0 Å². The van der Waals surface area contributed by atoms with Gasteiger partial charge in [0.2, 0.25) is 0 Å². The predicted molar refractivity (Wildman–Crippen MR) is 82.5 cm³/mol. The molecule has 3 heterocycles. The highest BCUT2D eigenvalue weighted by Gasteiger charge is 2.25. The van der Waals surface area contributed by atoms with Crippen LogP contribution in [0.5, 0.6) is 0 Å². The van der Waals surface area contributed by atoms with Gasteiger partial charge in [-0.2, -0.15) is 0 Å². The minimum atomic E-state index is -0.0830. The number of thiazole rings is 1. The minimum Gasteiger partial charge on any atom is -0.462 e. The monoisotopic (exact) mass is 305 g/mol. The lowest BCUT2D eigenvalue weighted by molar-refractivity contribution is 0.0909. The number of hydrogen-bond acceptors (Lipinski definition) is 5. The molecule has 0 aliphatic carbocycles. The highest BCUT2D eigenvalue weighted by molar-refractivity contribution is 7.15. The van der Waals surface area contributed by atoms with E-state index in [1.54, 1.807) is 6.26 Å². The van der Waals surface area contributed by atoms with E-state index in [4.69, 9.17) is 4.42 Å². The molecule has 112 valence electrons. The second-order valence-corrected chi connectivity index (χ2v) is 6.65. The largest absolute Gasteiger partial charge is 0.462 e. The van der Waals surface area contributed by atoms with E-state index in [9.17, 15) is 4.79 Å². The van der Waals surface area contributed by atoms with E-state index < -0.39 is 0 Å². The van der Waals surface area contributed by atoms with Gasteiger partial charge in [-0.05, 0) is 44.5 Å². The number of aromatic nitrogens is 1. The van der Waals surface area contributed by atoms with Gasteiger partial charge in [-0.25, -0.2) is 4.98 Å². The highest BCUT2D eigenvalue weighted by Crippen LogP contribution is 2.28. The van der Waals surface area contributed by atoms with Crippen molar-refractivity contribution in [3.8, 4) is 10.8 Å². The third kappa shape index (κ3) is 3.01. The zero-order chi connectivity index (χ0) is 14.8. The molecule has 21 heavy (non-hydrogen) atoms. The Balaban J connectivity index is 1.75. The van der Waals surface area contributed by atoms with E-state index >= 15 is 0 Å². The van der Waals surface area contributed by atoms with Crippen LogP contribution in [0, 0.1) is 12.8 Å². The van der Waals surface area contributed by atoms with Gasteiger partial charge in [-0.1, -0.05) is 6.92 Å². The van der Waals surface area contributed by atoms with Gasteiger partial charge in [0.15, 0.2) is 10.8 Å². The summed E-state index contributed by atoms with van der Waals surface area (Å²) in [6.07, 6.45) is 2.57. The lowest BCUT2D eigenvalue weighted by Crippen LogP contribution is -2.48. The summed E-state index contributed by atoms with van der Waals surface area (Å²) in [5.74, 6) is 1.06. The van der Waals surface area contributed by atoms with E-state index in [1.807, 2.05) is 19.1 Å². The fraction of sp³-hybridized carbons (Fsp3) is 0.467. The first-order valence-electron chi connectivity index (χ1n) is 7.18. The standard InChI is InChI=1S/C15H19N3O2S/c1-9-8-16-6-5-11(9)17-14(19)13-10(2)21-15(18-13)12-4-3-7-20-12/h3-4,7,9,11,16H,5-6,8H2,1-2H3,(H,17,19). The Hall–Kier alpha value is -1.66. The van der Waals surface area contributed by atoms with Gasteiger partial charge in [-0.3, -0.25) is 4.79 Å². The maximum absolute atomic E-state index is 12.4. The van der Waals surface area contributed by atoms with Crippen molar-refractivity contribution in [3.05, 3.63) is 29.0 Å². The Bertz CT molecular complexity index is 621. The first kappa shape index (κ1) is 14.3. The number of hydrogen-bond donors (Lipinski definition) is 2. The second-order valence-electron chi connectivity index (χ2n) is 5.45. The van der Waals surface area contributed by atoms with Crippen LogP contribution in [0.1, 0.15) is 28.7 Å². The van der Waals surface area contributed by atoms with Gasteiger partial charge >= 0.3 is 0 Å². The van der Waals surface area contributed by atoms with Crippen LogP contribution in [0.2, 0.25) is 0 Å². The second kappa shape index (κ2) is 5.99. The summed E-state index contributed by atoms with van der Waals surface area (Å²) < 4.78 is 5.34. The van der Waals surface area contributed by atoms with Crippen molar-refractivity contribution >= 4 is 17.2 Å². The third-order valence-corrected chi connectivity index (χ3v) is 4.83. The van der Waals surface area contributed by atoms with Gasteiger partial charge in [-0.15, -0.1) is 11.3 Å². The molecule has 1 saturated heterocycles. The Morgan fingerprint density at radius 3 is 3.14 bits per heavy atom. The molecule has 2 aromatic heterocycles. The summed E-state index contributed by atoms with van der Waals surface area (Å²) in [6.45, 7) is 5.96. The maximum atomic E-state index is 12.4. The summed E-state index contributed by atoms with van der Waals surface area (Å²) in [4.78, 5) is 17.8. The molecule has 2 atom stereocenters. The molecule has 5 nitrogen and oxygen atoms in total. The van der Waals surface area contributed by atoms with Crippen LogP contribution in [0.4, 0.5) is 0 Å². The predicted octanol–water partition coefficient (Wildman–Crippen LogP) is 2.44. The Kier molecular flexibility index (Phi) is 4.07. The van der Waals surface area contributed by atoms with E-state index in [2.05, 4.69) is 22.5 Å². The number of piperidine rings is 1. The highest BCUT2D eigenvalue weighted by atomic mass is 32.1. The van der Waals surface area contributed by atoms with Crippen molar-refractivity contribution in [2.24, 2.45) is 5.92 Å². The molecule has 0 radical (unpaired) electrons. The van der Waals surface area contributed by atoms with Crippen molar-refractivity contribution in [2.45, 2.75) is 26.3 Å². The van der Waals surface area contributed by atoms with Gasteiger partial charge in [0.05, 0.1) is 6.26 Å². The van der Waals surface area contributed by atoms with E-state index in [-0.39, 0.29) is 11.9 Å². The van der Waals surface area contributed by atoms with Crippen LogP contribution < -0.4 is 10.6 Å². The number of aryl methyl sites for hydroxylation is 1. The number of rotatable bonds is 3. The van der Waals surface area contributed by atoms with Gasteiger partial charge in [0, 0.05) is 10.9 Å². The maximum Gasteiger partial charge on any atom is 0.271 e. The first-order valence-corrected chi connectivity index (χ1v) is 7.99. The van der Waals surface area contributed by atoms with Crippen molar-refractivity contribution < 1.29 is 9.21 Å². The molecule has 2 aromatic rings. The zero-order valence-electron chi connectivity index (χ0n) is 12.2. The molecule has 1 aliphatic heterocycles. The molecule has 1 amide bonds. The fourth-order valence-corrected chi connectivity index (χ4v) is 3.46. The van der Waals surface area contributed by atoms with Crippen molar-refractivity contribution in [2.75, 3.05) is 13.1 Å². The fourth-order valence-electron chi connectivity index (χ4n) is 2.58. The molecule has 6 heteroatoms. The Morgan fingerprint density at radius 2 is 2.43 bits per heavy atom. The topological polar surface area (TPSA) is 67.2 Å². The molecule has 0 bridgehead atoms. The summed E-state index contributed by atoms with van der Waals surface area (Å²) in [5, 5.41) is 7.20.